The van der Waals surface area contributed by atoms with E-state index in [1.807, 2.05) is 6.08 Å². The highest BCUT2D eigenvalue weighted by Crippen LogP contribution is 2.62. The van der Waals surface area contributed by atoms with Gasteiger partial charge in [-0.1, -0.05) is 25.5 Å². The third kappa shape index (κ3) is 2.41. The second-order valence-electron chi connectivity index (χ2n) is 8.91. The summed E-state index contributed by atoms with van der Waals surface area (Å²) in [5, 5.41) is 20.4. The molecule has 0 aromatic carbocycles. The van der Waals surface area contributed by atoms with Crippen LogP contribution in [0.5, 0.6) is 0 Å². The van der Waals surface area contributed by atoms with E-state index in [9.17, 15) is 19.8 Å². The number of aliphatic hydroxyl groups is 2. The van der Waals surface area contributed by atoms with E-state index in [0.29, 0.717) is 18.3 Å². The summed E-state index contributed by atoms with van der Waals surface area (Å²) >= 11 is 0. The number of carbonyl (C=O) groups excluding carboxylic acids is 2. The lowest BCUT2D eigenvalue weighted by Gasteiger charge is -2.55. The molecule has 0 bridgehead atoms. The lowest BCUT2D eigenvalue weighted by atomic mass is 9.50. The van der Waals surface area contributed by atoms with Crippen LogP contribution in [0.15, 0.2) is 23.8 Å². The van der Waals surface area contributed by atoms with Crippen LogP contribution in [-0.4, -0.2) is 34.5 Å². The molecule has 0 saturated heterocycles. The molecule has 4 nitrogen and oxygen atoms in total. The van der Waals surface area contributed by atoms with Gasteiger partial charge >= 0.3 is 0 Å². The van der Waals surface area contributed by atoms with Gasteiger partial charge < -0.3 is 10.2 Å². The van der Waals surface area contributed by atoms with E-state index in [2.05, 4.69) is 13.8 Å². The molecule has 0 aromatic rings. The molecule has 4 heteroatoms. The topological polar surface area (TPSA) is 74.6 Å². The highest BCUT2D eigenvalue weighted by Gasteiger charge is 2.59. The quantitative estimate of drug-likeness (QED) is 0.806. The number of carbonyl (C=O) groups is 2. The van der Waals surface area contributed by atoms with E-state index in [1.165, 1.54) is 0 Å². The van der Waals surface area contributed by atoms with Crippen molar-refractivity contribution in [3.63, 3.8) is 0 Å². The number of rotatable bonds is 2. The van der Waals surface area contributed by atoms with Gasteiger partial charge in [0.15, 0.2) is 11.6 Å². The predicted octanol–water partition coefficient (Wildman–Crippen LogP) is 2.30. The molecule has 8 unspecified atom stereocenters. The van der Waals surface area contributed by atoms with Gasteiger partial charge in [0.25, 0.3) is 0 Å². The molecule has 0 spiro atoms. The molecular formula is C21H28O4. The zero-order valence-corrected chi connectivity index (χ0v) is 15.0. The van der Waals surface area contributed by atoms with Gasteiger partial charge in [0.05, 0.1) is 6.10 Å². The maximum atomic E-state index is 12.3. The maximum Gasteiger partial charge on any atom is 0.178 e. The van der Waals surface area contributed by atoms with Crippen molar-refractivity contribution in [1.29, 1.82) is 0 Å². The molecular weight excluding hydrogens is 316 g/mol. The van der Waals surface area contributed by atoms with Crippen molar-refractivity contribution >= 4 is 11.6 Å². The molecule has 136 valence electrons. The summed E-state index contributed by atoms with van der Waals surface area (Å²) in [6, 6.07) is 0. The van der Waals surface area contributed by atoms with Crippen LogP contribution >= 0.6 is 0 Å². The number of Topliss-reactive ketones (excluding diaryl/α,β-unsaturated/α-hetero) is 1. The van der Waals surface area contributed by atoms with Crippen LogP contribution < -0.4 is 0 Å². The zero-order valence-electron chi connectivity index (χ0n) is 15.0. The number of allylic oxidation sites excluding steroid dienone is 4. The Morgan fingerprint density at radius 2 is 2.04 bits per heavy atom. The molecule has 0 aliphatic heterocycles. The van der Waals surface area contributed by atoms with Crippen LogP contribution in [0.3, 0.4) is 0 Å². The SMILES string of the molecule is CC1CC2C(CC(O)C3C2CCC2=CC(=O)C=CC23C)C1C(=O)CO. The molecule has 0 radical (unpaired) electrons. The molecule has 25 heavy (non-hydrogen) atoms. The minimum absolute atomic E-state index is 0.0530. The molecule has 0 aromatic heterocycles. The lowest BCUT2D eigenvalue weighted by molar-refractivity contribution is -0.131. The summed E-state index contributed by atoms with van der Waals surface area (Å²) < 4.78 is 0. The number of hydrogen-bond donors (Lipinski definition) is 2. The third-order valence-electron chi connectivity index (χ3n) is 7.78. The highest BCUT2D eigenvalue weighted by molar-refractivity contribution is 6.01. The fourth-order valence-electron chi connectivity index (χ4n) is 6.86. The van der Waals surface area contributed by atoms with Gasteiger partial charge in [-0.3, -0.25) is 9.59 Å². The van der Waals surface area contributed by atoms with Crippen LogP contribution in [0.2, 0.25) is 0 Å². The third-order valence-corrected chi connectivity index (χ3v) is 7.78. The Morgan fingerprint density at radius 3 is 2.76 bits per heavy atom. The molecule has 4 rings (SSSR count). The summed E-state index contributed by atoms with van der Waals surface area (Å²) in [6.07, 6.45) is 8.50. The van der Waals surface area contributed by atoms with Gasteiger partial charge in [-0.25, -0.2) is 0 Å². The van der Waals surface area contributed by atoms with E-state index < -0.39 is 12.7 Å². The zero-order chi connectivity index (χ0) is 17.9. The Balaban J connectivity index is 1.69. The second-order valence-corrected chi connectivity index (χ2v) is 8.91. The summed E-state index contributed by atoms with van der Waals surface area (Å²) in [5.41, 5.74) is 0.913. The van der Waals surface area contributed by atoms with Gasteiger partial charge in [0.1, 0.15) is 6.61 Å². The van der Waals surface area contributed by atoms with E-state index in [1.54, 1.807) is 12.2 Å². The van der Waals surface area contributed by atoms with Crippen LogP contribution in [0.4, 0.5) is 0 Å². The average Bonchev–Trinajstić information content (AvgIpc) is 2.90. The van der Waals surface area contributed by atoms with Gasteiger partial charge in [-0.05, 0) is 61.5 Å². The van der Waals surface area contributed by atoms with Crippen molar-refractivity contribution in [2.75, 3.05) is 6.61 Å². The number of hydrogen-bond acceptors (Lipinski definition) is 4. The normalized spacial score (nSPS) is 48.4. The molecule has 4 aliphatic carbocycles. The molecule has 2 N–H and O–H groups in total. The van der Waals surface area contributed by atoms with Crippen molar-refractivity contribution in [2.45, 2.75) is 45.6 Å². The van der Waals surface area contributed by atoms with Crippen LogP contribution in [0, 0.1) is 40.9 Å². The number of aliphatic hydroxyl groups excluding tert-OH is 2. The van der Waals surface area contributed by atoms with E-state index in [0.717, 1.165) is 24.8 Å². The first kappa shape index (κ1) is 17.2. The molecule has 3 saturated carbocycles. The van der Waals surface area contributed by atoms with Gasteiger partial charge in [0, 0.05) is 17.3 Å². The molecule has 4 aliphatic rings. The van der Waals surface area contributed by atoms with Gasteiger partial charge in [0.2, 0.25) is 0 Å². The van der Waals surface area contributed by atoms with Gasteiger partial charge in [-0.2, -0.15) is 0 Å². The smallest absolute Gasteiger partial charge is 0.178 e. The first-order valence-electron chi connectivity index (χ1n) is 9.62. The first-order valence-corrected chi connectivity index (χ1v) is 9.62. The van der Waals surface area contributed by atoms with Crippen molar-refractivity contribution in [3.8, 4) is 0 Å². The van der Waals surface area contributed by atoms with Crippen molar-refractivity contribution < 1.29 is 19.8 Å². The Kier molecular flexibility index (Phi) is 4.04. The fourth-order valence-corrected chi connectivity index (χ4v) is 6.86. The second kappa shape index (κ2) is 5.88. The average molecular weight is 344 g/mol. The Labute approximate surface area is 149 Å². The van der Waals surface area contributed by atoms with Crippen LogP contribution in [0.25, 0.3) is 0 Å². The molecule has 8 atom stereocenters. The highest BCUT2D eigenvalue weighted by atomic mass is 16.3. The molecule has 0 amide bonds. The number of ketones is 2. The van der Waals surface area contributed by atoms with E-state index >= 15 is 0 Å². The summed E-state index contributed by atoms with van der Waals surface area (Å²) in [6.45, 7) is 3.89. The Hall–Kier alpha value is -1.26. The van der Waals surface area contributed by atoms with Crippen LogP contribution in [0.1, 0.15) is 39.5 Å². The molecule has 0 heterocycles. The number of fused-ring (bicyclic) bond motifs is 5. The summed E-state index contributed by atoms with van der Waals surface area (Å²) in [4.78, 5) is 24.1. The summed E-state index contributed by atoms with van der Waals surface area (Å²) in [5.74, 6) is 1.28. The van der Waals surface area contributed by atoms with Crippen molar-refractivity contribution in [2.24, 2.45) is 40.9 Å². The Bertz CT molecular complexity index is 663. The van der Waals surface area contributed by atoms with E-state index in [-0.39, 0.29) is 40.7 Å². The minimum atomic E-state index is -0.461. The summed E-state index contributed by atoms with van der Waals surface area (Å²) in [7, 11) is 0. The largest absolute Gasteiger partial charge is 0.393 e. The monoisotopic (exact) mass is 344 g/mol. The Morgan fingerprint density at radius 1 is 1.28 bits per heavy atom. The standard InChI is InChI=1S/C21H28O4/c1-11-7-15-14-4-3-12-8-13(23)5-6-21(12,2)20(14)17(24)9-16(15)19(11)18(25)10-22/h5-6,8,11,14-17,19-20,22,24H,3-4,7,9-10H2,1-2H3. The predicted molar refractivity (Wildman–Crippen MR) is 93.5 cm³/mol. The van der Waals surface area contributed by atoms with E-state index in [4.69, 9.17) is 0 Å². The lowest BCUT2D eigenvalue weighted by Crippen LogP contribution is -2.53. The first-order chi connectivity index (χ1) is 11.9. The fraction of sp³-hybridized carbons (Fsp3) is 0.714. The van der Waals surface area contributed by atoms with Crippen molar-refractivity contribution in [3.05, 3.63) is 23.8 Å². The van der Waals surface area contributed by atoms with Crippen LogP contribution in [-0.2, 0) is 9.59 Å². The maximum absolute atomic E-state index is 12.3. The van der Waals surface area contributed by atoms with Gasteiger partial charge in [-0.15, -0.1) is 0 Å². The van der Waals surface area contributed by atoms with Crippen molar-refractivity contribution in [1.82, 2.24) is 0 Å². The molecule has 3 fully saturated rings. The minimum Gasteiger partial charge on any atom is -0.393 e.